The van der Waals surface area contributed by atoms with Crippen LogP contribution in [0.5, 0.6) is 0 Å². The normalized spacial score (nSPS) is 30.1. The van der Waals surface area contributed by atoms with E-state index in [1.54, 1.807) is 0 Å². The second-order valence-electron chi connectivity index (χ2n) is 5.76. The minimum absolute atomic E-state index is 0.0349. The van der Waals surface area contributed by atoms with Crippen LogP contribution < -0.4 is 5.32 Å². The molecule has 16 heavy (non-hydrogen) atoms. The maximum Gasteiger partial charge on any atom is 0.229 e. The first-order valence-electron chi connectivity index (χ1n) is 5.85. The molecule has 3 heteroatoms. The molecule has 3 nitrogen and oxygen atoms in total. The molecular formula is C13H23NO2. The molecule has 1 amide bonds. The molecule has 0 unspecified atom stereocenters. The summed E-state index contributed by atoms with van der Waals surface area (Å²) in [4.78, 5) is 12.2. The van der Waals surface area contributed by atoms with Crippen LogP contribution in [0.2, 0.25) is 0 Å². The van der Waals surface area contributed by atoms with Crippen LogP contribution in [0.25, 0.3) is 0 Å². The highest BCUT2D eigenvalue weighted by Crippen LogP contribution is 2.37. The van der Waals surface area contributed by atoms with Crippen molar-refractivity contribution in [2.75, 3.05) is 6.61 Å². The zero-order chi connectivity index (χ0) is 12.4. The number of hydrogen-bond donors (Lipinski definition) is 1. The third-order valence-corrected chi connectivity index (χ3v) is 3.04. The molecule has 0 saturated carbocycles. The van der Waals surface area contributed by atoms with Crippen molar-refractivity contribution in [3.05, 3.63) is 12.7 Å². The van der Waals surface area contributed by atoms with Crippen LogP contribution in [0.1, 0.15) is 40.5 Å². The molecule has 1 aliphatic heterocycles. The quantitative estimate of drug-likeness (QED) is 0.748. The van der Waals surface area contributed by atoms with Crippen molar-refractivity contribution in [1.82, 2.24) is 5.32 Å². The number of amides is 1. The van der Waals surface area contributed by atoms with Gasteiger partial charge in [-0.05, 0) is 40.5 Å². The Morgan fingerprint density at radius 2 is 2.25 bits per heavy atom. The number of carbonyl (C=O) groups excluding carboxylic acids is 1. The Morgan fingerprint density at radius 3 is 2.75 bits per heavy atom. The average Bonchev–Trinajstić information content (AvgIpc) is 2.47. The molecule has 0 radical (unpaired) electrons. The maximum absolute atomic E-state index is 12.2. The van der Waals surface area contributed by atoms with Crippen LogP contribution in [0, 0.1) is 5.41 Å². The Kier molecular flexibility index (Phi) is 3.79. The number of ether oxygens (including phenoxy) is 1. The molecule has 1 rings (SSSR count). The molecule has 0 aliphatic carbocycles. The van der Waals surface area contributed by atoms with E-state index in [1.165, 1.54) is 0 Å². The summed E-state index contributed by atoms with van der Waals surface area (Å²) in [5.74, 6) is 0.0874. The van der Waals surface area contributed by atoms with E-state index in [0.29, 0.717) is 6.61 Å². The van der Waals surface area contributed by atoms with Crippen LogP contribution in [0.15, 0.2) is 12.7 Å². The van der Waals surface area contributed by atoms with Gasteiger partial charge in [-0.3, -0.25) is 4.79 Å². The monoisotopic (exact) mass is 225 g/mol. The lowest BCUT2D eigenvalue weighted by atomic mass is 9.80. The average molecular weight is 225 g/mol. The zero-order valence-corrected chi connectivity index (χ0v) is 10.8. The SMILES string of the molecule is C=CC[C@@H]1OCC[C@@]1(C)C(=O)NC(C)(C)C. The Bertz CT molecular complexity index is 280. The number of rotatable bonds is 3. The Balaban J connectivity index is 2.75. The van der Waals surface area contributed by atoms with Crippen molar-refractivity contribution in [3.63, 3.8) is 0 Å². The predicted octanol–water partition coefficient (Wildman–Crippen LogP) is 2.27. The van der Waals surface area contributed by atoms with Crippen molar-refractivity contribution in [2.24, 2.45) is 5.41 Å². The first kappa shape index (κ1) is 13.2. The van der Waals surface area contributed by atoms with E-state index in [-0.39, 0.29) is 17.6 Å². The third-order valence-electron chi connectivity index (χ3n) is 3.04. The molecule has 1 saturated heterocycles. The Labute approximate surface area is 98.2 Å². The largest absolute Gasteiger partial charge is 0.377 e. The standard InChI is InChI=1S/C13H23NO2/c1-6-7-10-13(5,8-9-16-10)11(15)14-12(2,3)4/h6,10H,1,7-9H2,2-5H3,(H,14,15)/t10-,13+/m0/s1. The van der Waals surface area contributed by atoms with E-state index in [1.807, 2.05) is 33.8 Å². The highest BCUT2D eigenvalue weighted by atomic mass is 16.5. The molecule has 0 spiro atoms. The number of hydrogen-bond acceptors (Lipinski definition) is 2. The fourth-order valence-electron chi connectivity index (χ4n) is 1.98. The van der Waals surface area contributed by atoms with Crippen LogP contribution in [-0.2, 0) is 9.53 Å². The summed E-state index contributed by atoms with van der Waals surface area (Å²) in [5, 5.41) is 3.04. The van der Waals surface area contributed by atoms with Crippen LogP contribution in [0.3, 0.4) is 0 Å². The summed E-state index contributed by atoms with van der Waals surface area (Å²) >= 11 is 0. The van der Waals surface area contributed by atoms with Crippen molar-refractivity contribution >= 4 is 5.91 Å². The molecule has 2 atom stereocenters. The fourth-order valence-corrected chi connectivity index (χ4v) is 1.98. The lowest BCUT2D eigenvalue weighted by Crippen LogP contribution is -2.50. The molecule has 1 fully saturated rings. The first-order chi connectivity index (χ1) is 7.29. The van der Waals surface area contributed by atoms with E-state index in [4.69, 9.17) is 4.74 Å². The molecule has 92 valence electrons. The second-order valence-corrected chi connectivity index (χ2v) is 5.76. The van der Waals surface area contributed by atoms with Crippen LogP contribution >= 0.6 is 0 Å². The van der Waals surface area contributed by atoms with Crippen molar-refractivity contribution in [2.45, 2.75) is 52.2 Å². The predicted molar refractivity (Wildman–Crippen MR) is 65.2 cm³/mol. The van der Waals surface area contributed by atoms with Crippen molar-refractivity contribution < 1.29 is 9.53 Å². The van der Waals surface area contributed by atoms with E-state index >= 15 is 0 Å². The molecule has 0 aromatic rings. The smallest absolute Gasteiger partial charge is 0.229 e. The van der Waals surface area contributed by atoms with Gasteiger partial charge in [0, 0.05) is 12.1 Å². The van der Waals surface area contributed by atoms with Gasteiger partial charge in [0.1, 0.15) is 0 Å². The molecule has 0 aromatic heterocycles. The minimum Gasteiger partial charge on any atom is -0.377 e. The molecule has 0 aromatic carbocycles. The van der Waals surface area contributed by atoms with Crippen molar-refractivity contribution in [3.8, 4) is 0 Å². The minimum atomic E-state index is -0.415. The lowest BCUT2D eigenvalue weighted by Gasteiger charge is -2.32. The van der Waals surface area contributed by atoms with Gasteiger partial charge in [0.15, 0.2) is 0 Å². The van der Waals surface area contributed by atoms with Gasteiger partial charge < -0.3 is 10.1 Å². The van der Waals surface area contributed by atoms with Crippen LogP contribution in [-0.4, -0.2) is 24.2 Å². The summed E-state index contributed by atoms with van der Waals surface area (Å²) in [5.41, 5.74) is -0.608. The summed E-state index contributed by atoms with van der Waals surface area (Å²) in [6.07, 6.45) is 3.30. The Morgan fingerprint density at radius 1 is 1.62 bits per heavy atom. The van der Waals surface area contributed by atoms with Crippen molar-refractivity contribution in [1.29, 1.82) is 0 Å². The van der Waals surface area contributed by atoms with Gasteiger partial charge in [-0.25, -0.2) is 0 Å². The number of nitrogens with one attached hydrogen (secondary N) is 1. The van der Waals surface area contributed by atoms with Gasteiger partial charge in [0.05, 0.1) is 11.5 Å². The number of carbonyl (C=O) groups is 1. The summed E-state index contributed by atoms with van der Waals surface area (Å²) in [7, 11) is 0. The van der Waals surface area contributed by atoms with Gasteiger partial charge in [-0.15, -0.1) is 6.58 Å². The van der Waals surface area contributed by atoms with Gasteiger partial charge in [0.2, 0.25) is 5.91 Å². The lowest BCUT2D eigenvalue weighted by molar-refractivity contribution is -0.134. The van der Waals surface area contributed by atoms with E-state index < -0.39 is 5.41 Å². The maximum atomic E-state index is 12.2. The third kappa shape index (κ3) is 2.85. The van der Waals surface area contributed by atoms with Crippen LogP contribution in [0.4, 0.5) is 0 Å². The first-order valence-corrected chi connectivity index (χ1v) is 5.85. The fraction of sp³-hybridized carbons (Fsp3) is 0.769. The molecular weight excluding hydrogens is 202 g/mol. The van der Waals surface area contributed by atoms with E-state index in [0.717, 1.165) is 12.8 Å². The second kappa shape index (κ2) is 4.58. The summed E-state index contributed by atoms with van der Waals surface area (Å²) in [6, 6.07) is 0. The van der Waals surface area contributed by atoms with E-state index in [2.05, 4.69) is 11.9 Å². The topological polar surface area (TPSA) is 38.3 Å². The van der Waals surface area contributed by atoms with E-state index in [9.17, 15) is 4.79 Å². The molecule has 1 aliphatic rings. The molecule has 1 heterocycles. The highest BCUT2D eigenvalue weighted by Gasteiger charge is 2.46. The highest BCUT2D eigenvalue weighted by molar-refractivity contribution is 5.83. The molecule has 1 N–H and O–H groups in total. The Hall–Kier alpha value is -0.830. The zero-order valence-electron chi connectivity index (χ0n) is 10.8. The molecule has 0 bridgehead atoms. The summed E-state index contributed by atoms with van der Waals surface area (Å²) < 4.78 is 5.61. The summed E-state index contributed by atoms with van der Waals surface area (Å²) in [6.45, 7) is 12.3. The van der Waals surface area contributed by atoms with Gasteiger partial charge in [-0.2, -0.15) is 0 Å². The van der Waals surface area contributed by atoms with Gasteiger partial charge >= 0.3 is 0 Å². The van der Waals surface area contributed by atoms with Gasteiger partial charge in [-0.1, -0.05) is 6.08 Å². The van der Waals surface area contributed by atoms with Gasteiger partial charge in [0.25, 0.3) is 0 Å².